The van der Waals surface area contributed by atoms with Crippen LogP contribution in [0, 0.1) is 5.92 Å². The summed E-state index contributed by atoms with van der Waals surface area (Å²) in [6, 6.07) is -4.57. The van der Waals surface area contributed by atoms with Crippen molar-refractivity contribution in [2.24, 2.45) is 33.8 Å². The number of carbonyl (C=O) groups is 4. The molecule has 13 N–H and O–H groups in total. The van der Waals surface area contributed by atoms with E-state index in [0.717, 1.165) is 6.42 Å². The van der Waals surface area contributed by atoms with Crippen molar-refractivity contribution in [1.82, 2.24) is 16.0 Å². The Balaban J connectivity index is 5.47. The van der Waals surface area contributed by atoms with Gasteiger partial charge < -0.3 is 49.1 Å². The van der Waals surface area contributed by atoms with Crippen molar-refractivity contribution < 1.29 is 29.4 Å². The molecule has 0 aliphatic rings. The first-order chi connectivity index (χ1) is 16.3. The van der Waals surface area contributed by atoms with Crippen LogP contribution in [0.25, 0.3) is 0 Å². The molecule has 0 aromatic carbocycles. The van der Waals surface area contributed by atoms with Gasteiger partial charge >= 0.3 is 5.97 Å². The number of hydrogen-bond acceptors (Lipinski definition) is 8. The van der Waals surface area contributed by atoms with Crippen molar-refractivity contribution in [2.45, 2.75) is 83.1 Å². The van der Waals surface area contributed by atoms with Crippen LogP contribution in [-0.2, 0) is 19.2 Å². The number of nitrogens with one attached hydrogen (secondary N) is 3. The van der Waals surface area contributed by atoms with Crippen LogP contribution < -0.4 is 38.9 Å². The molecule has 0 saturated carbocycles. The van der Waals surface area contributed by atoms with Crippen LogP contribution in [0.15, 0.2) is 4.99 Å². The van der Waals surface area contributed by atoms with Crippen molar-refractivity contribution >= 4 is 29.7 Å². The summed E-state index contributed by atoms with van der Waals surface area (Å²) in [7, 11) is 0. The lowest BCUT2D eigenvalue weighted by Crippen LogP contribution is -2.59. The molecular formula is C21H42N8O6. The van der Waals surface area contributed by atoms with Gasteiger partial charge in [-0.3, -0.25) is 19.4 Å². The topological polar surface area (TPSA) is 261 Å². The minimum atomic E-state index is -1.58. The molecule has 5 unspecified atom stereocenters. The largest absolute Gasteiger partial charge is 0.480 e. The Morgan fingerprint density at radius 3 is 1.94 bits per heavy atom. The highest BCUT2D eigenvalue weighted by Crippen LogP contribution is 2.07. The number of amides is 3. The number of carbonyl (C=O) groups excluding carboxylic acids is 3. The van der Waals surface area contributed by atoms with Crippen LogP contribution in [0.2, 0.25) is 0 Å². The molecule has 0 aliphatic carbocycles. The maximum Gasteiger partial charge on any atom is 0.328 e. The van der Waals surface area contributed by atoms with Crippen LogP contribution >= 0.6 is 0 Å². The molecule has 0 radical (unpaired) electrons. The van der Waals surface area contributed by atoms with E-state index in [2.05, 4.69) is 20.9 Å². The summed E-state index contributed by atoms with van der Waals surface area (Å²) >= 11 is 0. The molecule has 0 heterocycles. The van der Waals surface area contributed by atoms with E-state index >= 15 is 0 Å². The summed E-state index contributed by atoms with van der Waals surface area (Å²) in [5.41, 5.74) is 21.9. The van der Waals surface area contributed by atoms with Gasteiger partial charge in [0.15, 0.2) is 12.0 Å². The van der Waals surface area contributed by atoms with Crippen LogP contribution in [0.5, 0.6) is 0 Å². The third-order valence-corrected chi connectivity index (χ3v) is 5.18. The van der Waals surface area contributed by atoms with Gasteiger partial charge in [0.25, 0.3) is 0 Å². The summed E-state index contributed by atoms with van der Waals surface area (Å²) in [5.74, 6) is -3.89. The number of guanidine groups is 1. The molecule has 14 nitrogen and oxygen atoms in total. The Bertz CT molecular complexity index is 727. The van der Waals surface area contributed by atoms with Crippen LogP contribution in [0.4, 0.5) is 0 Å². The Morgan fingerprint density at radius 2 is 1.46 bits per heavy atom. The van der Waals surface area contributed by atoms with Crippen LogP contribution in [0.3, 0.4) is 0 Å². The number of aliphatic imine (C=N–C) groups is 1. The predicted molar refractivity (Wildman–Crippen MR) is 131 cm³/mol. The normalized spacial score (nSPS) is 15.3. The molecule has 0 fully saturated rings. The fourth-order valence-electron chi connectivity index (χ4n) is 3.11. The Labute approximate surface area is 205 Å². The molecule has 14 heteroatoms. The SMILES string of the molecule is CC(C)C(NC(=O)C(N)CCCCN)C(=O)NC(CCCN=C(N)N)C(=O)NC(C(=O)O)C(C)O. The molecule has 0 bridgehead atoms. The quantitative estimate of drug-likeness (QED) is 0.0555. The van der Waals surface area contributed by atoms with Crippen LogP contribution in [-0.4, -0.2) is 83.2 Å². The van der Waals surface area contributed by atoms with Crippen LogP contribution in [0.1, 0.15) is 52.9 Å². The lowest BCUT2D eigenvalue weighted by atomic mass is 10.0. The Hall–Kier alpha value is -2.97. The van der Waals surface area contributed by atoms with Gasteiger partial charge in [-0.05, 0) is 45.1 Å². The first-order valence-electron chi connectivity index (χ1n) is 11.6. The second kappa shape index (κ2) is 16.6. The van der Waals surface area contributed by atoms with E-state index < -0.39 is 54.0 Å². The average molecular weight is 503 g/mol. The number of carboxylic acids is 1. The predicted octanol–water partition coefficient (Wildman–Crippen LogP) is -2.93. The number of nitrogens with zero attached hydrogens (tertiary/aromatic N) is 1. The molecule has 0 saturated heterocycles. The molecule has 0 aliphatic heterocycles. The van der Waals surface area contributed by atoms with E-state index in [1.54, 1.807) is 13.8 Å². The van der Waals surface area contributed by atoms with E-state index in [0.29, 0.717) is 19.4 Å². The average Bonchev–Trinajstić information content (AvgIpc) is 2.76. The molecule has 0 aromatic heterocycles. The zero-order chi connectivity index (χ0) is 27.1. The maximum absolute atomic E-state index is 13.0. The molecule has 3 amide bonds. The van der Waals surface area contributed by atoms with Gasteiger partial charge in [0, 0.05) is 6.54 Å². The van der Waals surface area contributed by atoms with E-state index in [-0.39, 0.29) is 31.3 Å². The first-order valence-corrected chi connectivity index (χ1v) is 11.6. The number of carboxylic acid groups (broad SMARTS) is 1. The highest BCUT2D eigenvalue weighted by molar-refractivity contribution is 5.94. The highest BCUT2D eigenvalue weighted by Gasteiger charge is 2.32. The molecule has 0 aromatic rings. The fourth-order valence-corrected chi connectivity index (χ4v) is 3.11. The van der Waals surface area contributed by atoms with Gasteiger partial charge in [0.2, 0.25) is 17.7 Å². The summed E-state index contributed by atoms with van der Waals surface area (Å²) < 4.78 is 0. The molecule has 202 valence electrons. The van der Waals surface area contributed by atoms with Crippen molar-refractivity contribution in [3.05, 3.63) is 0 Å². The van der Waals surface area contributed by atoms with Gasteiger partial charge in [-0.15, -0.1) is 0 Å². The van der Waals surface area contributed by atoms with Gasteiger partial charge in [-0.2, -0.15) is 0 Å². The van der Waals surface area contributed by atoms with E-state index in [1.165, 1.54) is 6.92 Å². The number of nitrogens with two attached hydrogens (primary N) is 4. The third-order valence-electron chi connectivity index (χ3n) is 5.18. The minimum Gasteiger partial charge on any atom is -0.480 e. The number of aliphatic hydroxyl groups excluding tert-OH is 1. The lowest BCUT2D eigenvalue weighted by Gasteiger charge is -2.27. The number of aliphatic carboxylic acids is 1. The number of rotatable bonds is 17. The van der Waals surface area contributed by atoms with Crippen molar-refractivity contribution in [1.29, 1.82) is 0 Å². The number of aliphatic hydroxyl groups is 1. The van der Waals surface area contributed by atoms with Crippen molar-refractivity contribution in [2.75, 3.05) is 13.1 Å². The highest BCUT2D eigenvalue weighted by atomic mass is 16.4. The third kappa shape index (κ3) is 12.9. The van der Waals surface area contributed by atoms with Crippen molar-refractivity contribution in [3.8, 4) is 0 Å². The van der Waals surface area contributed by atoms with E-state index in [4.69, 9.17) is 22.9 Å². The zero-order valence-electron chi connectivity index (χ0n) is 20.7. The summed E-state index contributed by atoms with van der Waals surface area (Å²) in [4.78, 5) is 53.5. The van der Waals surface area contributed by atoms with E-state index in [9.17, 15) is 29.4 Å². The van der Waals surface area contributed by atoms with E-state index in [1.807, 2.05) is 0 Å². The summed E-state index contributed by atoms with van der Waals surface area (Å²) in [6.07, 6.45) is 0.760. The minimum absolute atomic E-state index is 0.0673. The monoisotopic (exact) mass is 502 g/mol. The Morgan fingerprint density at radius 1 is 0.857 bits per heavy atom. The standard InChI is InChI=1S/C21H42N8O6/c1-11(2)15(28-17(31)13(23)7-4-5-9-22)19(33)27-14(8-6-10-26-21(24)25)18(32)29-16(12(3)30)20(34)35/h11-16,30H,4-10,22-23H2,1-3H3,(H,27,33)(H,28,31)(H,29,32)(H,34,35)(H4,24,25,26). The van der Waals surface area contributed by atoms with Gasteiger partial charge in [0.05, 0.1) is 12.1 Å². The molecule has 0 rings (SSSR count). The smallest absolute Gasteiger partial charge is 0.328 e. The summed E-state index contributed by atoms with van der Waals surface area (Å²) in [6.45, 7) is 5.30. The maximum atomic E-state index is 13.0. The van der Waals surface area contributed by atoms with Gasteiger partial charge in [-0.1, -0.05) is 20.3 Å². The van der Waals surface area contributed by atoms with Gasteiger partial charge in [0.1, 0.15) is 12.1 Å². The number of unbranched alkanes of at least 4 members (excludes halogenated alkanes) is 1. The fraction of sp³-hybridized carbons (Fsp3) is 0.762. The molecular weight excluding hydrogens is 460 g/mol. The molecule has 35 heavy (non-hydrogen) atoms. The van der Waals surface area contributed by atoms with Crippen molar-refractivity contribution in [3.63, 3.8) is 0 Å². The first kappa shape index (κ1) is 32.0. The number of hydrogen-bond donors (Lipinski definition) is 9. The molecule has 5 atom stereocenters. The molecule has 0 spiro atoms. The Kier molecular flexibility index (Phi) is 15.2. The van der Waals surface area contributed by atoms with Gasteiger partial charge in [-0.25, -0.2) is 4.79 Å². The zero-order valence-corrected chi connectivity index (χ0v) is 20.7. The summed E-state index contributed by atoms with van der Waals surface area (Å²) in [5, 5.41) is 26.3. The second-order valence-corrected chi connectivity index (χ2v) is 8.70. The lowest BCUT2D eigenvalue weighted by molar-refractivity contribution is -0.145. The second-order valence-electron chi connectivity index (χ2n) is 8.70.